The van der Waals surface area contributed by atoms with Crippen molar-refractivity contribution in [3.63, 3.8) is 0 Å². The van der Waals surface area contributed by atoms with Crippen LogP contribution >= 0.6 is 11.6 Å². The van der Waals surface area contributed by atoms with Gasteiger partial charge in [-0.1, -0.05) is 37.1 Å². The standard InChI is InChI=1S/C22H22ClN5O/c1-3-4-13-28-20(23)19(14(2)27-28)22(29)24-16-11-9-15(10-12-16)21-25-17-7-5-6-8-18(17)26-21/h5-12H,3-4,13H2,1-2H3,(H,24,29)(H,25,26). The number of nitrogens with one attached hydrogen (secondary N) is 2. The molecule has 2 N–H and O–H groups in total. The minimum Gasteiger partial charge on any atom is -0.338 e. The Labute approximate surface area is 173 Å². The highest BCUT2D eigenvalue weighted by Crippen LogP contribution is 2.24. The fraction of sp³-hybridized carbons (Fsp3) is 0.227. The number of amides is 1. The van der Waals surface area contributed by atoms with Crippen molar-refractivity contribution in [3.8, 4) is 11.4 Å². The van der Waals surface area contributed by atoms with Gasteiger partial charge in [0.05, 0.1) is 22.3 Å². The van der Waals surface area contributed by atoms with Crippen molar-refractivity contribution in [2.24, 2.45) is 0 Å². The Balaban J connectivity index is 1.51. The summed E-state index contributed by atoms with van der Waals surface area (Å²) < 4.78 is 1.69. The summed E-state index contributed by atoms with van der Waals surface area (Å²) in [7, 11) is 0. The monoisotopic (exact) mass is 407 g/mol. The third kappa shape index (κ3) is 3.89. The normalized spacial score (nSPS) is 11.1. The van der Waals surface area contributed by atoms with Crippen molar-refractivity contribution in [1.29, 1.82) is 0 Å². The molecule has 4 rings (SSSR count). The lowest BCUT2D eigenvalue weighted by molar-refractivity contribution is 0.102. The molecule has 7 heteroatoms. The van der Waals surface area contributed by atoms with Crippen LogP contribution in [-0.4, -0.2) is 25.7 Å². The van der Waals surface area contributed by atoms with E-state index in [0.717, 1.165) is 35.3 Å². The first kappa shape index (κ1) is 19.2. The van der Waals surface area contributed by atoms with Crippen LogP contribution in [0.5, 0.6) is 0 Å². The van der Waals surface area contributed by atoms with E-state index in [4.69, 9.17) is 11.6 Å². The van der Waals surface area contributed by atoms with Gasteiger partial charge in [-0.2, -0.15) is 5.10 Å². The smallest absolute Gasteiger partial charge is 0.260 e. The van der Waals surface area contributed by atoms with E-state index in [1.807, 2.05) is 48.5 Å². The van der Waals surface area contributed by atoms with E-state index < -0.39 is 0 Å². The van der Waals surface area contributed by atoms with Gasteiger partial charge < -0.3 is 10.3 Å². The number of aromatic amines is 1. The zero-order valence-electron chi connectivity index (χ0n) is 16.4. The van der Waals surface area contributed by atoms with E-state index in [1.165, 1.54) is 0 Å². The summed E-state index contributed by atoms with van der Waals surface area (Å²) in [5.74, 6) is 0.534. The molecule has 0 aliphatic carbocycles. The van der Waals surface area contributed by atoms with Crippen LogP contribution in [0.15, 0.2) is 48.5 Å². The molecule has 0 saturated carbocycles. The van der Waals surface area contributed by atoms with Gasteiger partial charge in [0.25, 0.3) is 5.91 Å². The first-order valence-electron chi connectivity index (χ1n) is 9.66. The van der Waals surface area contributed by atoms with E-state index in [-0.39, 0.29) is 5.91 Å². The highest BCUT2D eigenvalue weighted by Gasteiger charge is 2.20. The minimum atomic E-state index is -0.258. The summed E-state index contributed by atoms with van der Waals surface area (Å²) in [5.41, 5.74) is 4.59. The first-order valence-corrected chi connectivity index (χ1v) is 10.0. The number of aryl methyl sites for hydroxylation is 2. The van der Waals surface area contributed by atoms with Gasteiger partial charge in [0.2, 0.25) is 0 Å². The number of fused-ring (bicyclic) bond motifs is 1. The van der Waals surface area contributed by atoms with Gasteiger partial charge in [0.15, 0.2) is 0 Å². The number of benzene rings is 2. The van der Waals surface area contributed by atoms with Crippen LogP contribution in [0.4, 0.5) is 5.69 Å². The van der Waals surface area contributed by atoms with E-state index in [1.54, 1.807) is 11.6 Å². The SMILES string of the molecule is CCCCn1nc(C)c(C(=O)Nc2ccc(-c3nc4ccccc4[nH]3)cc2)c1Cl. The van der Waals surface area contributed by atoms with Crippen LogP contribution in [-0.2, 0) is 6.54 Å². The summed E-state index contributed by atoms with van der Waals surface area (Å²) in [5, 5.41) is 7.69. The molecule has 0 spiro atoms. The average Bonchev–Trinajstić information content (AvgIpc) is 3.27. The van der Waals surface area contributed by atoms with Crippen molar-refractivity contribution in [1.82, 2.24) is 19.7 Å². The molecule has 0 atom stereocenters. The molecule has 4 aromatic rings. The Bertz CT molecular complexity index is 1130. The summed E-state index contributed by atoms with van der Waals surface area (Å²) in [6, 6.07) is 15.4. The number of carbonyl (C=O) groups excluding carboxylic acids is 1. The van der Waals surface area contributed by atoms with E-state index in [2.05, 4.69) is 27.3 Å². The quantitative estimate of drug-likeness (QED) is 0.446. The van der Waals surface area contributed by atoms with Crippen molar-refractivity contribution >= 4 is 34.2 Å². The van der Waals surface area contributed by atoms with Crippen LogP contribution in [0.2, 0.25) is 5.15 Å². The molecule has 148 valence electrons. The molecule has 0 unspecified atom stereocenters. The Morgan fingerprint density at radius 3 is 2.66 bits per heavy atom. The van der Waals surface area contributed by atoms with Crippen molar-refractivity contribution in [2.45, 2.75) is 33.2 Å². The number of hydrogen-bond acceptors (Lipinski definition) is 3. The van der Waals surface area contributed by atoms with Crippen molar-refractivity contribution in [2.75, 3.05) is 5.32 Å². The second-order valence-electron chi connectivity index (χ2n) is 6.96. The summed E-state index contributed by atoms with van der Waals surface area (Å²) in [6.07, 6.45) is 2.00. The Hall–Kier alpha value is -3.12. The number of unbranched alkanes of at least 4 members (excludes halogenated alkanes) is 1. The largest absolute Gasteiger partial charge is 0.338 e. The third-order valence-electron chi connectivity index (χ3n) is 4.82. The summed E-state index contributed by atoms with van der Waals surface area (Å²) in [6.45, 7) is 4.61. The van der Waals surface area contributed by atoms with Crippen LogP contribution < -0.4 is 5.32 Å². The first-order chi connectivity index (χ1) is 14.1. The van der Waals surface area contributed by atoms with Gasteiger partial charge >= 0.3 is 0 Å². The lowest BCUT2D eigenvalue weighted by Gasteiger charge is -2.06. The van der Waals surface area contributed by atoms with Gasteiger partial charge in [0.1, 0.15) is 11.0 Å². The Kier molecular flexibility index (Phi) is 5.36. The summed E-state index contributed by atoms with van der Waals surface area (Å²) >= 11 is 6.40. The molecule has 2 aromatic carbocycles. The number of aromatic nitrogens is 4. The van der Waals surface area contributed by atoms with E-state index in [9.17, 15) is 4.79 Å². The maximum Gasteiger partial charge on any atom is 0.260 e. The van der Waals surface area contributed by atoms with Crippen molar-refractivity contribution in [3.05, 3.63) is 64.9 Å². The molecule has 0 aliphatic heterocycles. The maximum absolute atomic E-state index is 12.7. The van der Waals surface area contributed by atoms with Crippen LogP contribution in [0.3, 0.4) is 0 Å². The molecule has 0 saturated heterocycles. The molecule has 0 fully saturated rings. The van der Waals surface area contributed by atoms with Gasteiger partial charge in [0, 0.05) is 17.8 Å². The van der Waals surface area contributed by atoms with Gasteiger partial charge in [-0.25, -0.2) is 4.98 Å². The maximum atomic E-state index is 12.7. The fourth-order valence-electron chi connectivity index (χ4n) is 3.26. The predicted molar refractivity (Wildman–Crippen MR) is 116 cm³/mol. The fourth-order valence-corrected chi connectivity index (χ4v) is 3.61. The zero-order chi connectivity index (χ0) is 20.4. The molecular weight excluding hydrogens is 386 g/mol. The van der Waals surface area contributed by atoms with Gasteiger partial charge in [-0.15, -0.1) is 0 Å². The Morgan fingerprint density at radius 1 is 1.17 bits per heavy atom. The lowest BCUT2D eigenvalue weighted by Crippen LogP contribution is -2.13. The molecule has 1 amide bonds. The molecule has 6 nitrogen and oxygen atoms in total. The number of rotatable bonds is 6. The van der Waals surface area contributed by atoms with Crippen LogP contribution in [0.25, 0.3) is 22.4 Å². The molecule has 2 aromatic heterocycles. The highest BCUT2D eigenvalue weighted by molar-refractivity contribution is 6.33. The minimum absolute atomic E-state index is 0.258. The number of imidazole rings is 1. The number of anilines is 1. The number of nitrogens with zero attached hydrogens (tertiary/aromatic N) is 3. The molecule has 0 bridgehead atoms. The molecular formula is C22H22ClN5O. The third-order valence-corrected chi connectivity index (χ3v) is 5.21. The van der Waals surface area contributed by atoms with Crippen LogP contribution in [0, 0.1) is 6.92 Å². The topological polar surface area (TPSA) is 75.6 Å². The number of H-pyrrole nitrogens is 1. The molecule has 2 heterocycles. The Morgan fingerprint density at radius 2 is 1.93 bits per heavy atom. The van der Waals surface area contributed by atoms with Crippen LogP contribution in [0.1, 0.15) is 35.8 Å². The lowest BCUT2D eigenvalue weighted by atomic mass is 10.2. The summed E-state index contributed by atoms with van der Waals surface area (Å²) in [4.78, 5) is 20.7. The number of para-hydroxylation sites is 2. The number of hydrogen-bond donors (Lipinski definition) is 2. The zero-order valence-corrected chi connectivity index (χ0v) is 17.1. The molecule has 0 aliphatic rings. The second-order valence-corrected chi connectivity index (χ2v) is 7.32. The molecule has 0 radical (unpaired) electrons. The van der Waals surface area contributed by atoms with E-state index >= 15 is 0 Å². The van der Waals surface area contributed by atoms with E-state index in [0.29, 0.717) is 28.6 Å². The average molecular weight is 408 g/mol. The number of carbonyl (C=O) groups is 1. The predicted octanol–water partition coefficient (Wildman–Crippen LogP) is 5.44. The van der Waals surface area contributed by atoms with Gasteiger partial charge in [-0.05, 0) is 49.7 Å². The second kappa shape index (κ2) is 8.09. The highest BCUT2D eigenvalue weighted by atomic mass is 35.5. The number of halogens is 1. The van der Waals surface area contributed by atoms with Gasteiger partial charge in [-0.3, -0.25) is 9.48 Å². The van der Waals surface area contributed by atoms with Crippen molar-refractivity contribution < 1.29 is 4.79 Å². The molecule has 29 heavy (non-hydrogen) atoms.